The first kappa shape index (κ1) is 13.9. The number of hydrogen-bond donors (Lipinski definition) is 1. The predicted molar refractivity (Wildman–Crippen MR) is 85.7 cm³/mol. The third-order valence-corrected chi connectivity index (χ3v) is 3.97. The van der Waals surface area contributed by atoms with Crippen LogP contribution in [-0.2, 0) is 6.54 Å². The number of benzene rings is 2. The number of nitrogens with one attached hydrogen (secondary N) is 1. The minimum absolute atomic E-state index is 0.253. The highest BCUT2D eigenvalue weighted by Crippen LogP contribution is 2.21. The first-order chi connectivity index (χ1) is 10.1. The van der Waals surface area contributed by atoms with Crippen molar-refractivity contribution in [1.82, 2.24) is 9.97 Å². The van der Waals surface area contributed by atoms with Crippen molar-refractivity contribution >= 4 is 32.8 Å². The van der Waals surface area contributed by atoms with E-state index in [1.165, 1.54) is 12.1 Å². The first-order valence-corrected chi connectivity index (χ1v) is 7.34. The van der Waals surface area contributed by atoms with Crippen LogP contribution in [0, 0.1) is 12.7 Å². The van der Waals surface area contributed by atoms with Gasteiger partial charge >= 0.3 is 0 Å². The van der Waals surface area contributed by atoms with E-state index in [0.29, 0.717) is 12.4 Å². The summed E-state index contributed by atoms with van der Waals surface area (Å²) < 4.78 is 14.1. The van der Waals surface area contributed by atoms with Crippen molar-refractivity contribution in [3.05, 3.63) is 64.0 Å². The predicted octanol–water partition coefficient (Wildman–Crippen LogP) is 4.45. The van der Waals surface area contributed by atoms with Gasteiger partial charge in [0.25, 0.3) is 0 Å². The molecule has 0 aliphatic carbocycles. The van der Waals surface area contributed by atoms with Gasteiger partial charge in [0.2, 0.25) is 0 Å². The maximum atomic E-state index is 13.3. The summed E-state index contributed by atoms with van der Waals surface area (Å²) in [7, 11) is 0. The molecule has 21 heavy (non-hydrogen) atoms. The van der Waals surface area contributed by atoms with Crippen LogP contribution in [-0.4, -0.2) is 9.97 Å². The molecule has 5 heteroatoms. The van der Waals surface area contributed by atoms with Crippen LogP contribution in [0.1, 0.15) is 11.3 Å². The SMILES string of the molecule is Cc1nc2ccccc2nc1NCc1cc(F)ccc1Br. The maximum absolute atomic E-state index is 13.3. The minimum atomic E-state index is -0.253. The largest absolute Gasteiger partial charge is 0.364 e. The van der Waals surface area contributed by atoms with Crippen LogP contribution in [0.3, 0.4) is 0 Å². The zero-order chi connectivity index (χ0) is 14.8. The highest BCUT2D eigenvalue weighted by molar-refractivity contribution is 9.10. The fourth-order valence-electron chi connectivity index (χ4n) is 2.11. The summed E-state index contributed by atoms with van der Waals surface area (Å²) in [4.78, 5) is 9.08. The Morgan fingerprint density at radius 3 is 2.57 bits per heavy atom. The molecule has 1 heterocycles. The lowest BCUT2D eigenvalue weighted by molar-refractivity contribution is 0.625. The summed E-state index contributed by atoms with van der Waals surface area (Å²) >= 11 is 3.42. The van der Waals surface area contributed by atoms with Gasteiger partial charge < -0.3 is 5.32 Å². The lowest BCUT2D eigenvalue weighted by Crippen LogP contribution is -2.05. The van der Waals surface area contributed by atoms with Gasteiger partial charge in [-0.05, 0) is 42.8 Å². The molecule has 2 aromatic carbocycles. The van der Waals surface area contributed by atoms with E-state index in [1.54, 1.807) is 6.07 Å². The van der Waals surface area contributed by atoms with Gasteiger partial charge in [0.05, 0.1) is 16.7 Å². The maximum Gasteiger partial charge on any atom is 0.148 e. The van der Waals surface area contributed by atoms with Gasteiger partial charge in [-0.1, -0.05) is 28.1 Å². The van der Waals surface area contributed by atoms with E-state index < -0.39 is 0 Å². The van der Waals surface area contributed by atoms with E-state index in [0.717, 1.165) is 26.8 Å². The standard InChI is InChI=1S/C16H13BrFN3/c1-10-16(21-15-5-3-2-4-14(15)20-10)19-9-11-8-12(18)6-7-13(11)17/h2-8H,9H2,1H3,(H,19,21). The van der Waals surface area contributed by atoms with Crippen LogP contribution < -0.4 is 5.32 Å². The van der Waals surface area contributed by atoms with Crippen molar-refractivity contribution in [2.24, 2.45) is 0 Å². The van der Waals surface area contributed by atoms with E-state index in [1.807, 2.05) is 31.2 Å². The molecule has 0 radical (unpaired) electrons. The monoisotopic (exact) mass is 345 g/mol. The Balaban J connectivity index is 1.88. The number of para-hydroxylation sites is 2. The molecule has 0 saturated heterocycles. The highest BCUT2D eigenvalue weighted by atomic mass is 79.9. The number of anilines is 1. The molecule has 0 amide bonds. The molecular weight excluding hydrogens is 333 g/mol. The normalized spacial score (nSPS) is 10.8. The van der Waals surface area contributed by atoms with Crippen LogP contribution in [0.25, 0.3) is 11.0 Å². The summed E-state index contributed by atoms with van der Waals surface area (Å²) in [5, 5.41) is 3.22. The molecule has 0 bridgehead atoms. The van der Waals surface area contributed by atoms with Gasteiger partial charge in [0, 0.05) is 11.0 Å². The number of halogens is 2. The second-order valence-corrected chi connectivity index (χ2v) is 5.59. The Morgan fingerprint density at radius 1 is 1.10 bits per heavy atom. The Morgan fingerprint density at radius 2 is 1.81 bits per heavy atom. The van der Waals surface area contributed by atoms with Crippen LogP contribution in [0.5, 0.6) is 0 Å². The van der Waals surface area contributed by atoms with Crippen LogP contribution in [0.4, 0.5) is 10.2 Å². The van der Waals surface area contributed by atoms with Gasteiger partial charge in [-0.15, -0.1) is 0 Å². The zero-order valence-corrected chi connectivity index (χ0v) is 13.0. The minimum Gasteiger partial charge on any atom is -0.364 e. The molecule has 1 N–H and O–H groups in total. The Labute approximate surface area is 130 Å². The number of nitrogens with zero attached hydrogens (tertiary/aromatic N) is 2. The fraction of sp³-hybridized carbons (Fsp3) is 0.125. The van der Waals surface area contributed by atoms with Crippen LogP contribution >= 0.6 is 15.9 Å². The second-order valence-electron chi connectivity index (χ2n) is 4.74. The first-order valence-electron chi connectivity index (χ1n) is 6.54. The second kappa shape index (κ2) is 5.77. The van der Waals surface area contributed by atoms with Crippen molar-refractivity contribution in [3.63, 3.8) is 0 Å². The Bertz CT molecular complexity index is 805. The summed E-state index contributed by atoms with van der Waals surface area (Å²) in [6.45, 7) is 2.38. The van der Waals surface area contributed by atoms with E-state index in [9.17, 15) is 4.39 Å². The molecule has 3 nitrogen and oxygen atoms in total. The van der Waals surface area contributed by atoms with E-state index >= 15 is 0 Å². The molecule has 0 atom stereocenters. The van der Waals surface area contributed by atoms with Gasteiger partial charge in [-0.25, -0.2) is 14.4 Å². The summed E-state index contributed by atoms with van der Waals surface area (Å²) in [6.07, 6.45) is 0. The number of hydrogen-bond acceptors (Lipinski definition) is 3. The molecule has 1 aromatic heterocycles. The third-order valence-electron chi connectivity index (χ3n) is 3.20. The molecule has 0 spiro atoms. The van der Waals surface area contributed by atoms with Crippen molar-refractivity contribution in [2.75, 3.05) is 5.32 Å². The van der Waals surface area contributed by atoms with Gasteiger partial charge in [-0.3, -0.25) is 0 Å². The summed E-state index contributed by atoms with van der Waals surface area (Å²) in [5.74, 6) is 0.459. The summed E-state index contributed by atoms with van der Waals surface area (Å²) in [5.41, 5.74) is 3.36. The Hall–Kier alpha value is -2.01. The molecule has 106 valence electrons. The molecule has 0 unspecified atom stereocenters. The molecule has 0 aliphatic rings. The number of fused-ring (bicyclic) bond motifs is 1. The quantitative estimate of drug-likeness (QED) is 0.761. The topological polar surface area (TPSA) is 37.8 Å². The van der Waals surface area contributed by atoms with Gasteiger partial charge in [0.1, 0.15) is 11.6 Å². The lowest BCUT2D eigenvalue weighted by atomic mass is 10.2. The number of rotatable bonds is 3. The van der Waals surface area contributed by atoms with E-state index in [4.69, 9.17) is 0 Å². The lowest BCUT2D eigenvalue weighted by Gasteiger charge is -2.10. The van der Waals surface area contributed by atoms with Crippen LogP contribution in [0.15, 0.2) is 46.9 Å². The summed E-state index contributed by atoms with van der Waals surface area (Å²) in [6, 6.07) is 12.3. The molecule has 0 saturated carbocycles. The number of aryl methyl sites for hydroxylation is 1. The van der Waals surface area contributed by atoms with Crippen LogP contribution in [0.2, 0.25) is 0 Å². The zero-order valence-electron chi connectivity index (χ0n) is 11.4. The molecular formula is C16H13BrFN3. The van der Waals surface area contributed by atoms with Gasteiger partial charge in [-0.2, -0.15) is 0 Å². The molecule has 3 aromatic rings. The molecule has 3 rings (SSSR count). The van der Waals surface area contributed by atoms with Crippen molar-refractivity contribution in [2.45, 2.75) is 13.5 Å². The Kier molecular flexibility index (Phi) is 3.84. The van der Waals surface area contributed by atoms with Crippen molar-refractivity contribution in [3.8, 4) is 0 Å². The molecule has 0 fully saturated rings. The van der Waals surface area contributed by atoms with Crippen molar-refractivity contribution < 1.29 is 4.39 Å². The smallest absolute Gasteiger partial charge is 0.148 e. The van der Waals surface area contributed by atoms with E-state index in [-0.39, 0.29) is 5.82 Å². The average Bonchev–Trinajstić information content (AvgIpc) is 2.48. The number of aromatic nitrogens is 2. The average molecular weight is 346 g/mol. The molecule has 0 aliphatic heterocycles. The highest BCUT2D eigenvalue weighted by Gasteiger charge is 2.06. The third kappa shape index (κ3) is 3.03. The van der Waals surface area contributed by atoms with Crippen molar-refractivity contribution in [1.29, 1.82) is 0 Å². The fourth-order valence-corrected chi connectivity index (χ4v) is 2.50. The van der Waals surface area contributed by atoms with E-state index in [2.05, 4.69) is 31.2 Å². The van der Waals surface area contributed by atoms with Gasteiger partial charge in [0.15, 0.2) is 0 Å².